The summed E-state index contributed by atoms with van der Waals surface area (Å²) >= 11 is 11.2. The maximum atomic E-state index is 6.09. The molecular weight excluding hydrogens is 370 g/mol. The van der Waals surface area contributed by atoms with E-state index in [1.54, 1.807) is 11.3 Å². The summed E-state index contributed by atoms with van der Waals surface area (Å²) in [5.41, 5.74) is 0.108. The van der Waals surface area contributed by atoms with E-state index in [2.05, 4.69) is 57.9 Å². The number of nitrogens with zero attached hydrogens (tertiary/aromatic N) is 2. The lowest BCUT2D eigenvalue weighted by atomic mass is 10.0. The second-order valence-electron chi connectivity index (χ2n) is 6.28. The lowest BCUT2D eigenvalue weighted by molar-refractivity contribution is 0.111. The summed E-state index contributed by atoms with van der Waals surface area (Å²) in [6.07, 6.45) is 0. The number of hydrogen-bond acceptors (Lipinski definition) is 4. The van der Waals surface area contributed by atoms with Crippen LogP contribution in [0, 0.1) is 0 Å². The number of hydrogen-bond donors (Lipinski definition) is 1. The normalized spacial score (nSPS) is 18.3. The maximum absolute atomic E-state index is 6.09. The predicted octanol–water partition coefficient (Wildman–Crippen LogP) is 3.67. The predicted molar refractivity (Wildman–Crippen MR) is 96.5 cm³/mol. The van der Waals surface area contributed by atoms with Crippen molar-refractivity contribution in [2.45, 2.75) is 32.9 Å². The number of halogens is 2. The van der Waals surface area contributed by atoms with Crippen LogP contribution in [-0.4, -0.2) is 54.6 Å². The van der Waals surface area contributed by atoms with Gasteiger partial charge in [-0.2, -0.15) is 0 Å². The molecule has 0 radical (unpaired) electrons. The summed E-state index contributed by atoms with van der Waals surface area (Å²) < 4.78 is 1.83. The van der Waals surface area contributed by atoms with Gasteiger partial charge in [-0.05, 0) is 42.4 Å². The van der Waals surface area contributed by atoms with Crippen LogP contribution in [0.15, 0.2) is 10.5 Å². The number of thiophene rings is 1. The molecule has 1 aliphatic heterocycles. The number of likely N-dealkylation sites (N-methyl/N-ethyl adjacent to an activating group) is 1. The molecule has 6 heteroatoms. The van der Waals surface area contributed by atoms with Gasteiger partial charge in [0.25, 0.3) is 0 Å². The molecule has 0 aliphatic carbocycles. The Morgan fingerprint density at radius 3 is 2.43 bits per heavy atom. The van der Waals surface area contributed by atoms with Crippen LogP contribution < -0.4 is 5.32 Å². The Morgan fingerprint density at radius 1 is 1.29 bits per heavy atom. The number of nitrogens with one attached hydrogen (secondary N) is 1. The van der Waals surface area contributed by atoms with Crippen LogP contribution in [-0.2, 0) is 6.54 Å². The van der Waals surface area contributed by atoms with Crippen LogP contribution in [0.3, 0.4) is 0 Å². The molecule has 1 aromatic heterocycles. The van der Waals surface area contributed by atoms with Gasteiger partial charge in [0, 0.05) is 54.2 Å². The second kappa shape index (κ2) is 7.75. The lowest BCUT2D eigenvalue weighted by Crippen LogP contribution is -2.54. The largest absolute Gasteiger partial charge is 0.306 e. The molecule has 1 saturated heterocycles. The third kappa shape index (κ3) is 5.48. The molecule has 0 bridgehead atoms. The van der Waals surface area contributed by atoms with E-state index in [4.69, 9.17) is 11.6 Å². The molecular formula is C15H25BrClN3S. The summed E-state index contributed by atoms with van der Waals surface area (Å²) in [6.45, 7) is 14.7. The standard InChI is InChI=1S/C15H25BrClN3S/c1-4-19-5-7-20(8-6-19)11-15(2,3)18-10-12-9-13(16)14(17)21-12/h9,18H,4-8,10-11H2,1-3H3. The van der Waals surface area contributed by atoms with Crippen molar-refractivity contribution in [3.05, 3.63) is 19.8 Å². The topological polar surface area (TPSA) is 18.5 Å². The third-order valence-corrected chi connectivity index (χ3v) is 6.44. The van der Waals surface area contributed by atoms with Crippen LogP contribution in [0.4, 0.5) is 0 Å². The molecule has 2 rings (SSSR count). The minimum Gasteiger partial charge on any atom is -0.306 e. The van der Waals surface area contributed by atoms with Crippen molar-refractivity contribution in [1.82, 2.24) is 15.1 Å². The quantitative estimate of drug-likeness (QED) is 0.794. The minimum atomic E-state index is 0.108. The SMILES string of the molecule is CCN1CCN(CC(C)(C)NCc2cc(Br)c(Cl)s2)CC1. The first-order valence-corrected chi connectivity index (χ1v) is 9.52. The van der Waals surface area contributed by atoms with E-state index in [0.717, 1.165) is 21.9 Å². The van der Waals surface area contributed by atoms with Crippen molar-refractivity contribution < 1.29 is 0 Å². The van der Waals surface area contributed by atoms with Gasteiger partial charge in [0.05, 0.1) is 0 Å². The van der Waals surface area contributed by atoms with E-state index in [1.165, 1.54) is 37.6 Å². The van der Waals surface area contributed by atoms with Crippen molar-refractivity contribution in [2.75, 3.05) is 39.3 Å². The third-order valence-electron chi connectivity index (χ3n) is 3.97. The first-order chi connectivity index (χ1) is 9.89. The summed E-state index contributed by atoms with van der Waals surface area (Å²) in [5.74, 6) is 0. The van der Waals surface area contributed by atoms with Gasteiger partial charge in [0.1, 0.15) is 4.34 Å². The fraction of sp³-hybridized carbons (Fsp3) is 0.733. The molecule has 1 aromatic rings. The fourth-order valence-corrected chi connectivity index (χ4v) is 4.41. The Balaban J connectivity index is 1.79. The Hall–Kier alpha value is 0.350. The second-order valence-corrected chi connectivity index (χ2v) is 8.88. The van der Waals surface area contributed by atoms with E-state index in [0.29, 0.717) is 0 Å². The summed E-state index contributed by atoms with van der Waals surface area (Å²) in [6, 6.07) is 2.11. The zero-order valence-corrected chi connectivity index (χ0v) is 16.2. The van der Waals surface area contributed by atoms with Crippen molar-refractivity contribution >= 4 is 38.9 Å². The molecule has 1 fully saturated rings. The summed E-state index contributed by atoms with van der Waals surface area (Å²) in [7, 11) is 0. The maximum Gasteiger partial charge on any atom is 0.107 e. The Morgan fingerprint density at radius 2 is 1.90 bits per heavy atom. The highest BCUT2D eigenvalue weighted by Gasteiger charge is 2.24. The molecule has 0 aromatic carbocycles. The molecule has 0 unspecified atom stereocenters. The van der Waals surface area contributed by atoms with E-state index >= 15 is 0 Å². The molecule has 0 saturated carbocycles. The summed E-state index contributed by atoms with van der Waals surface area (Å²) in [4.78, 5) is 6.36. The lowest BCUT2D eigenvalue weighted by Gasteiger charge is -2.39. The molecule has 0 amide bonds. The first-order valence-electron chi connectivity index (χ1n) is 7.53. The Labute approximate surface area is 145 Å². The van der Waals surface area contributed by atoms with E-state index in [-0.39, 0.29) is 5.54 Å². The molecule has 2 heterocycles. The van der Waals surface area contributed by atoms with Crippen LogP contribution in [0.5, 0.6) is 0 Å². The van der Waals surface area contributed by atoms with E-state index < -0.39 is 0 Å². The average molecular weight is 395 g/mol. The molecule has 120 valence electrons. The van der Waals surface area contributed by atoms with Crippen molar-refractivity contribution in [3.63, 3.8) is 0 Å². The van der Waals surface area contributed by atoms with Crippen LogP contribution >= 0.6 is 38.9 Å². The molecule has 1 N–H and O–H groups in total. The van der Waals surface area contributed by atoms with Crippen molar-refractivity contribution in [1.29, 1.82) is 0 Å². The Kier molecular flexibility index (Phi) is 6.53. The summed E-state index contributed by atoms with van der Waals surface area (Å²) in [5, 5.41) is 3.66. The van der Waals surface area contributed by atoms with Crippen LogP contribution in [0.1, 0.15) is 25.6 Å². The molecule has 0 spiro atoms. The van der Waals surface area contributed by atoms with Gasteiger partial charge >= 0.3 is 0 Å². The molecule has 1 aliphatic rings. The molecule has 21 heavy (non-hydrogen) atoms. The van der Waals surface area contributed by atoms with Gasteiger partial charge in [-0.15, -0.1) is 11.3 Å². The van der Waals surface area contributed by atoms with Gasteiger partial charge < -0.3 is 10.2 Å². The minimum absolute atomic E-state index is 0.108. The molecule has 3 nitrogen and oxygen atoms in total. The highest BCUT2D eigenvalue weighted by molar-refractivity contribution is 9.10. The number of rotatable bonds is 6. The van der Waals surface area contributed by atoms with Gasteiger partial charge in [-0.3, -0.25) is 4.90 Å². The van der Waals surface area contributed by atoms with E-state index in [1.807, 2.05) is 0 Å². The van der Waals surface area contributed by atoms with Crippen molar-refractivity contribution in [3.8, 4) is 0 Å². The van der Waals surface area contributed by atoms with Gasteiger partial charge in [-0.1, -0.05) is 18.5 Å². The van der Waals surface area contributed by atoms with Crippen LogP contribution in [0.25, 0.3) is 0 Å². The highest BCUT2D eigenvalue weighted by atomic mass is 79.9. The number of piperazine rings is 1. The van der Waals surface area contributed by atoms with Gasteiger partial charge in [-0.25, -0.2) is 0 Å². The zero-order valence-electron chi connectivity index (χ0n) is 13.1. The van der Waals surface area contributed by atoms with Gasteiger partial charge in [0.15, 0.2) is 0 Å². The fourth-order valence-electron chi connectivity index (χ4n) is 2.68. The van der Waals surface area contributed by atoms with E-state index in [9.17, 15) is 0 Å². The van der Waals surface area contributed by atoms with Gasteiger partial charge in [0.2, 0.25) is 0 Å². The van der Waals surface area contributed by atoms with Crippen molar-refractivity contribution in [2.24, 2.45) is 0 Å². The Bertz CT molecular complexity index is 436. The zero-order chi connectivity index (χ0) is 15.5. The first kappa shape index (κ1) is 17.7. The van der Waals surface area contributed by atoms with Crippen LogP contribution in [0.2, 0.25) is 4.34 Å². The molecule has 0 atom stereocenters. The smallest absolute Gasteiger partial charge is 0.107 e. The average Bonchev–Trinajstić information content (AvgIpc) is 2.76. The monoisotopic (exact) mass is 393 g/mol. The highest BCUT2D eigenvalue weighted by Crippen LogP contribution is 2.32.